The van der Waals surface area contributed by atoms with Crippen molar-refractivity contribution in [2.75, 3.05) is 0 Å². The van der Waals surface area contributed by atoms with E-state index in [1.165, 1.54) is 12.8 Å². The maximum Gasteiger partial charge on any atom is 0.0720 e. The largest absolute Gasteiger partial charge is 0.328 e. The van der Waals surface area contributed by atoms with E-state index >= 15 is 0 Å². The van der Waals surface area contributed by atoms with Gasteiger partial charge in [0.05, 0.1) is 7.85 Å². The normalized spacial score (nSPS) is 39.6. The molecule has 2 radical (unpaired) electrons. The highest BCUT2D eigenvalue weighted by Crippen LogP contribution is 2.24. The van der Waals surface area contributed by atoms with Crippen molar-refractivity contribution in [3.05, 3.63) is 0 Å². The van der Waals surface area contributed by atoms with E-state index in [2.05, 4.69) is 0 Å². The molecule has 1 aliphatic carbocycles. The van der Waals surface area contributed by atoms with E-state index in [4.69, 9.17) is 13.6 Å². The highest BCUT2D eigenvalue weighted by atomic mass is 14.6. The quantitative estimate of drug-likeness (QED) is 0.458. The predicted octanol–water partition coefficient (Wildman–Crippen LogP) is 0.845. The lowest BCUT2D eigenvalue weighted by Crippen LogP contribution is -2.28. The van der Waals surface area contributed by atoms with Crippen molar-refractivity contribution in [3.63, 3.8) is 0 Å². The molecule has 2 heteroatoms. The monoisotopic (exact) mass is 109 g/mol. The molecule has 1 fully saturated rings. The molecule has 0 aliphatic heterocycles. The first kappa shape index (κ1) is 6.15. The van der Waals surface area contributed by atoms with Crippen LogP contribution in [0.4, 0.5) is 0 Å². The Bertz CT molecular complexity index is 64.9. The summed E-state index contributed by atoms with van der Waals surface area (Å²) in [6.07, 6.45) is 4.80. The van der Waals surface area contributed by atoms with Crippen molar-refractivity contribution in [2.45, 2.75) is 37.5 Å². The van der Waals surface area contributed by atoms with Gasteiger partial charge in [0.25, 0.3) is 0 Å². The van der Waals surface area contributed by atoms with Gasteiger partial charge in [0.2, 0.25) is 0 Å². The summed E-state index contributed by atoms with van der Waals surface area (Å²) < 4.78 is 0. The van der Waals surface area contributed by atoms with Crippen molar-refractivity contribution < 1.29 is 0 Å². The van der Waals surface area contributed by atoms with Crippen LogP contribution in [0.5, 0.6) is 0 Å². The second kappa shape index (κ2) is 2.54. The van der Waals surface area contributed by atoms with Crippen molar-refractivity contribution in [2.24, 2.45) is 5.73 Å². The summed E-state index contributed by atoms with van der Waals surface area (Å²) in [5.41, 5.74) is 5.65. The second-order valence-corrected chi connectivity index (χ2v) is 2.61. The topological polar surface area (TPSA) is 26.0 Å². The fourth-order valence-corrected chi connectivity index (χ4v) is 1.19. The van der Waals surface area contributed by atoms with E-state index in [-0.39, 0.29) is 11.9 Å². The zero-order chi connectivity index (χ0) is 5.98. The van der Waals surface area contributed by atoms with Crippen LogP contribution in [0.1, 0.15) is 25.7 Å². The summed E-state index contributed by atoms with van der Waals surface area (Å²) in [4.78, 5) is 0. The Labute approximate surface area is 52.0 Å². The highest BCUT2D eigenvalue weighted by Gasteiger charge is 2.15. The van der Waals surface area contributed by atoms with Crippen LogP contribution in [0.2, 0.25) is 5.82 Å². The maximum atomic E-state index is 5.65. The molecule has 2 atom stereocenters. The first-order valence-corrected chi connectivity index (χ1v) is 3.32. The zero-order valence-electron chi connectivity index (χ0n) is 5.14. The standard InChI is InChI=1S/C6H12BN/c7-5-3-1-2-4-6(5)8/h5-6H,1-4,8H2/t5-,6-/m0/s1. The number of hydrogen-bond acceptors (Lipinski definition) is 1. The van der Waals surface area contributed by atoms with Crippen LogP contribution in [-0.2, 0) is 0 Å². The lowest BCUT2D eigenvalue weighted by Gasteiger charge is -2.24. The van der Waals surface area contributed by atoms with Crippen LogP contribution in [0, 0.1) is 0 Å². The number of nitrogens with two attached hydrogens (primary N) is 1. The van der Waals surface area contributed by atoms with Crippen molar-refractivity contribution in [1.29, 1.82) is 0 Å². The highest BCUT2D eigenvalue weighted by molar-refractivity contribution is 6.12. The minimum absolute atomic E-state index is 0.281. The summed E-state index contributed by atoms with van der Waals surface area (Å²) in [5, 5.41) is 0. The molecule has 0 bridgehead atoms. The Morgan fingerprint density at radius 2 is 1.88 bits per heavy atom. The molecule has 8 heavy (non-hydrogen) atoms. The summed E-state index contributed by atoms with van der Waals surface area (Å²) in [5.74, 6) is 0.281. The Morgan fingerprint density at radius 1 is 1.25 bits per heavy atom. The van der Waals surface area contributed by atoms with E-state index in [1.807, 2.05) is 0 Å². The van der Waals surface area contributed by atoms with Crippen LogP contribution in [0.25, 0.3) is 0 Å². The molecular formula is C6H12BN. The van der Waals surface area contributed by atoms with Crippen LogP contribution >= 0.6 is 0 Å². The van der Waals surface area contributed by atoms with Crippen molar-refractivity contribution in [3.8, 4) is 0 Å². The molecule has 1 nitrogen and oxygen atoms in total. The van der Waals surface area contributed by atoms with Gasteiger partial charge in [-0.15, -0.1) is 0 Å². The van der Waals surface area contributed by atoms with Crippen LogP contribution in [0.15, 0.2) is 0 Å². The van der Waals surface area contributed by atoms with Gasteiger partial charge in [-0.25, -0.2) is 0 Å². The Hall–Kier alpha value is 0.0249. The molecule has 2 N–H and O–H groups in total. The third-order valence-corrected chi connectivity index (χ3v) is 1.87. The fourth-order valence-electron chi connectivity index (χ4n) is 1.19. The van der Waals surface area contributed by atoms with Crippen LogP contribution < -0.4 is 5.73 Å². The van der Waals surface area contributed by atoms with Gasteiger partial charge in [0, 0.05) is 0 Å². The molecule has 0 spiro atoms. The Morgan fingerprint density at radius 3 is 2.25 bits per heavy atom. The minimum atomic E-state index is 0.281. The number of rotatable bonds is 0. The lowest BCUT2D eigenvalue weighted by atomic mass is 9.72. The molecule has 1 rings (SSSR count). The smallest absolute Gasteiger partial charge is 0.0720 e. The predicted molar refractivity (Wildman–Crippen MR) is 35.9 cm³/mol. The third kappa shape index (κ3) is 1.25. The van der Waals surface area contributed by atoms with Gasteiger partial charge in [-0.3, -0.25) is 0 Å². The third-order valence-electron chi connectivity index (χ3n) is 1.87. The Kier molecular flexibility index (Phi) is 1.95. The number of hydrogen-bond donors (Lipinski definition) is 1. The van der Waals surface area contributed by atoms with Gasteiger partial charge >= 0.3 is 0 Å². The average molecular weight is 109 g/mol. The molecule has 0 saturated heterocycles. The van der Waals surface area contributed by atoms with Crippen LogP contribution in [-0.4, -0.2) is 13.9 Å². The van der Waals surface area contributed by atoms with Crippen LogP contribution in [0.3, 0.4) is 0 Å². The van der Waals surface area contributed by atoms with Gasteiger partial charge in [-0.05, 0) is 12.5 Å². The SMILES string of the molecule is [B][C@H]1CCCC[C@@H]1N. The average Bonchev–Trinajstić information content (AvgIpc) is 1.77. The Balaban J connectivity index is 2.28. The van der Waals surface area contributed by atoms with Gasteiger partial charge in [0.15, 0.2) is 0 Å². The van der Waals surface area contributed by atoms with Gasteiger partial charge in [0.1, 0.15) is 0 Å². The summed E-state index contributed by atoms with van der Waals surface area (Å²) >= 11 is 0. The summed E-state index contributed by atoms with van der Waals surface area (Å²) in [7, 11) is 5.65. The van der Waals surface area contributed by atoms with E-state index in [9.17, 15) is 0 Å². The molecule has 1 saturated carbocycles. The summed E-state index contributed by atoms with van der Waals surface area (Å²) in [6, 6.07) is 0.281. The first-order valence-electron chi connectivity index (χ1n) is 3.32. The second-order valence-electron chi connectivity index (χ2n) is 2.61. The van der Waals surface area contributed by atoms with Gasteiger partial charge in [-0.1, -0.05) is 25.1 Å². The van der Waals surface area contributed by atoms with Crippen molar-refractivity contribution >= 4 is 7.85 Å². The van der Waals surface area contributed by atoms with Crippen molar-refractivity contribution in [1.82, 2.24) is 0 Å². The molecule has 0 aromatic carbocycles. The molecular weight excluding hydrogens is 96.9 g/mol. The zero-order valence-corrected chi connectivity index (χ0v) is 5.14. The first-order chi connectivity index (χ1) is 3.80. The van der Waals surface area contributed by atoms with Gasteiger partial charge in [-0.2, -0.15) is 0 Å². The fraction of sp³-hybridized carbons (Fsp3) is 1.00. The molecule has 0 amide bonds. The van der Waals surface area contributed by atoms with E-state index in [1.54, 1.807) is 0 Å². The summed E-state index contributed by atoms with van der Waals surface area (Å²) in [6.45, 7) is 0. The minimum Gasteiger partial charge on any atom is -0.328 e. The van der Waals surface area contributed by atoms with E-state index in [0.717, 1.165) is 12.8 Å². The van der Waals surface area contributed by atoms with E-state index < -0.39 is 0 Å². The molecule has 44 valence electrons. The molecule has 0 heterocycles. The van der Waals surface area contributed by atoms with E-state index in [0.29, 0.717) is 0 Å². The molecule has 0 unspecified atom stereocenters. The molecule has 0 aromatic rings. The molecule has 1 aliphatic rings. The molecule has 0 aromatic heterocycles. The maximum absolute atomic E-state index is 5.65. The lowest BCUT2D eigenvalue weighted by molar-refractivity contribution is 0.442. The van der Waals surface area contributed by atoms with Gasteiger partial charge < -0.3 is 5.73 Å².